The molecule has 0 bridgehead atoms. The van der Waals surface area contributed by atoms with Crippen LogP contribution in [0.4, 0.5) is 5.69 Å². The first-order valence-electron chi connectivity index (χ1n) is 5.53. The minimum absolute atomic E-state index is 0.00727. The number of hydrogen-bond donors (Lipinski definition) is 2. The van der Waals surface area contributed by atoms with Crippen LogP contribution in [0.1, 0.15) is 5.56 Å². The molecular weight excluding hydrogens is 282 g/mol. The molecule has 0 aliphatic rings. The first kappa shape index (κ1) is 13.8. The molecule has 0 aromatic heterocycles. The van der Waals surface area contributed by atoms with Gasteiger partial charge in [0.15, 0.2) is 0 Å². The van der Waals surface area contributed by atoms with Crippen LogP contribution in [0, 0.1) is 15.5 Å². The van der Waals surface area contributed by atoms with Crippen molar-refractivity contribution in [3.05, 3.63) is 63.2 Å². The summed E-state index contributed by atoms with van der Waals surface area (Å²) in [4.78, 5) is 10.1. The van der Waals surface area contributed by atoms with Gasteiger partial charge in [0, 0.05) is 17.7 Å². The zero-order chi connectivity index (χ0) is 14.7. The van der Waals surface area contributed by atoms with Gasteiger partial charge in [-0.2, -0.15) is 0 Å². The second-order valence-corrected chi connectivity index (χ2v) is 4.32. The van der Waals surface area contributed by atoms with E-state index in [9.17, 15) is 10.1 Å². The zero-order valence-corrected chi connectivity index (χ0v) is 10.9. The minimum Gasteiger partial charge on any atom is -0.457 e. The van der Waals surface area contributed by atoms with Gasteiger partial charge in [0.05, 0.1) is 4.92 Å². The van der Waals surface area contributed by atoms with E-state index in [2.05, 4.69) is 0 Å². The molecule has 3 N–H and O–H groups in total. The van der Waals surface area contributed by atoms with Gasteiger partial charge in [0.2, 0.25) is 0 Å². The van der Waals surface area contributed by atoms with Crippen LogP contribution in [0.3, 0.4) is 0 Å². The SMILES string of the molecule is N=C(N)c1ccc(Oc2ccc([N+](=O)[O-])c(Cl)c2)cc1. The zero-order valence-electron chi connectivity index (χ0n) is 10.2. The standard InChI is InChI=1S/C13H10ClN3O3/c14-11-7-10(5-6-12(11)17(18)19)20-9-3-1-8(2-4-9)13(15)16/h1-7H,(H3,15,16). The molecule has 2 aromatic rings. The summed E-state index contributed by atoms with van der Waals surface area (Å²) < 4.78 is 5.51. The number of nitrogens with two attached hydrogens (primary N) is 1. The molecular formula is C13H10ClN3O3. The van der Waals surface area contributed by atoms with Crippen molar-refractivity contribution in [3.63, 3.8) is 0 Å². The van der Waals surface area contributed by atoms with Crippen LogP contribution in [-0.2, 0) is 0 Å². The fourth-order valence-corrected chi connectivity index (χ4v) is 1.78. The topological polar surface area (TPSA) is 102 Å². The third kappa shape index (κ3) is 3.04. The van der Waals surface area contributed by atoms with E-state index in [1.54, 1.807) is 24.3 Å². The molecule has 6 nitrogen and oxygen atoms in total. The summed E-state index contributed by atoms with van der Waals surface area (Å²) in [5.74, 6) is 0.867. The molecule has 2 rings (SSSR count). The van der Waals surface area contributed by atoms with Crippen molar-refractivity contribution in [2.45, 2.75) is 0 Å². The van der Waals surface area contributed by atoms with Crippen molar-refractivity contribution >= 4 is 23.1 Å². The normalized spacial score (nSPS) is 10.1. The first-order valence-corrected chi connectivity index (χ1v) is 5.91. The number of amidine groups is 1. The number of nitro groups is 1. The quantitative estimate of drug-likeness (QED) is 0.390. The van der Waals surface area contributed by atoms with E-state index in [1.165, 1.54) is 18.2 Å². The Kier molecular flexibility index (Phi) is 3.86. The summed E-state index contributed by atoms with van der Waals surface area (Å²) in [6.07, 6.45) is 0. The second kappa shape index (κ2) is 5.58. The predicted molar refractivity (Wildman–Crippen MR) is 75.6 cm³/mol. The van der Waals surface area contributed by atoms with Crippen LogP contribution in [0.2, 0.25) is 5.02 Å². The van der Waals surface area contributed by atoms with E-state index in [0.717, 1.165) is 0 Å². The highest BCUT2D eigenvalue weighted by molar-refractivity contribution is 6.32. The number of halogens is 1. The highest BCUT2D eigenvalue weighted by atomic mass is 35.5. The summed E-state index contributed by atoms with van der Waals surface area (Å²) in [6.45, 7) is 0. The Labute approximate surface area is 119 Å². The molecule has 0 atom stereocenters. The van der Waals surface area contributed by atoms with E-state index >= 15 is 0 Å². The van der Waals surface area contributed by atoms with Gasteiger partial charge < -0.3 is 10.5 Å². The monoisotopic (exact) mass is 291 g/mol. The Balaban J connectivity index is 2.19. The Morgan fingerprint density at radius 3 is 2.30 bits per heavy atom. The van der Waals surface area contributed by atoms with Crippen molar-refractivity contribution in [2.24, 2.45) is 5.73 Å². The van der Waals surface area contributed by atoms with Crippen molar-refractivity contribution in [3.8, 4) is 11.5 Å². The van der Waals surface area contributed by atoms with Crippen LogP contribution < -0.4 is 10.5 Å². The van der Waals surface area contributed by atoms with Crippen LogP contribution in [0.25, 0.3) is 0 Å². The first-order chi connectivity index (χ1) is 9.47. The average molecular weight is 292 g/mol. The molecule has 0 saturated carbocycles. The third-order valence-corrected chi connectivity index (χ3v) is 2.82. The molecule has 0 fully saturated rings. The number of nitrogen functional groups attached to an aromatic ring is 1. The van der Waals surface area contributed by atoms with Crippen LogP contribution in [0.5, 0.6) is 11.5 Å². The lowest BCUT2D eigenvalue weighted by molar-refractivity contribution is -0.384. The average Bonchev–Trinajstić information content (AvgIpc) is 2.39. The maximum absolute atomic E-state index is 10.6. The lowest BCUT2D eigenvalue weighted by atomic mass is 10.2. The molecule has 20 heavy (non-hydrogen) atoms. The molecule has 2 aromatic carbocycles. The summed E-state index contributed by atoms with van der Waals surface area (Å²) in [5, 5.41) is 17.9. The number of nitro benzene ring substituents is 1. The van der Waals surface area contributed by atoms with Crippen LogP contribution in [-0.4, -0.2) is 10.8 Å². The van der Waals surface area contributed by atoms with Crippen LogP contribution >= 0.6 is 11.6 Å². The number of rotatable bonds is 4. The van der Waals surface area contributed by atoms with E-state index in [0.29, 0.717) is 17.1 Å². The summed E-state index contributed by atoms with van der Waals surface area (Å²) in [6, 6.07) is 10.7. The lowest BCUT2D eigenvalue weighted by Crippen LogP contribution is -2.10. The highest BCUT2D eigenvalue weighted by Crippen LogP contribution is 2.30. The van der Waals surface area contributed by atoms with Gasteiger partial charge in [-0.3, -0.25) is 15.5 Å². The van der Waals surface area contributed by atoms with Gasteiger partial charge in [-0.15, -0.1) is 0 Å². The van der Waals surface area contributed by atoms with E-state index in [-0.39, 0.29) is 16.5 Å². The van der Waals surface area contributed by atoms with E-state index in [4.69, 9.17) is 27.5 Å². The van der Waals surface area contributed by atoms with Gasteiger partial charge in [-0.1, -0.05) is 11.6 Å². The molecule has 0 spiro atoms. The Morgan fingerprint density at radius 1 is 1.20 bits per heavy atom. The number of nitrogens with zero attached hydrogens (tertiary/aromatic N) is 1. The number of benzene rings is 2. The maximum Gasteiger partial charge on any atom is 0.288 e. The fourth-order valence-electron chi connectivity index (χ4n) is 1.54. The smallest absolute Gasteiger partial charge is 0.288 e. The predicted octanol–water partition coefficient (Wildman–Crippen LogP) is 3.32. The number of hydrogen-bond acceptors (Lipinski definition) is 4. The van der Waals surface area contributed by atoms with Gasteiger partial charge >= 0.3 is 0 Å². The van der Waals surface area contributed by atoms with Crippen molar-refractivity contribution in [1.82, 2.24) is 0 Å². The molecule has 0 aliphatic carbocycles. The summed E-state index contributed by atoms with van der Waals surface area (Å²) >= 11 is 5.79. The van der Waals surface area contributed by atoms with Gasteiger partial charge in [-0.25, -0.2) is 0 Å². The van der Waals surface area contributed by atoms with Crippen molar-refractivity contribution in [2.75, 3.05) is 0 Å². The van der Waals surface area contributed by atoms with E-state index in [1.807, 2.05) is 0 Å². The number of nitrogens with one attached hydrogen (secondary N) is 1. The maximum atomic E-state index is 10.6. The summed E-state index contributed by atoms with van der Waals surface area (Å²) in [5.41, 5.74) is 5.75. The van der Waals surface area contributed by atoms with Gasteiger partial charge in [0.25, 0.3) is 5.69 Å². The van der Waals surface area contributed by atoms with E-state index < -0.39 is 4.92 Å². The third-order valence-electron chi connectivity index (χ3n) is 2.52. The molecule has 102 valence electrons. The highest BCUT2D eigenvalue weighted by Gasteiger charge is 2.12. The molecule has 0 aliphatic heterocycles. The molecule has 0 saturated heterocycles. The van der Waals surface area contributed by atoms with Crippen molar-refractivity contribution < 1.29 is 9.66 Å². The van der Waals surface area contributed by atoms with Gasteiger partial charge in [-0.05, 0) is 30.3 Å². The summed E-state index contributed by atoms with van der Waals surface area (Å²) in [7, 11) is 0. The number of ether oxygens (including phenoxy) is 1. The lowest BCUT2D eigenvalue weighted by Gasteiger charge is -2.07. The molecule has 7 heteroatoms. The molecule has 0 radical (unpaired) electrons. The van der Waals surface area contributed by atoms with Gasteiger partial charge in [0.1, 0.15) is 22.4 Å². The second-order valence-electron chi connectivity index (χ2n) is 3.91. The van der Waals surface area contributed by atoms with Crippen LogP contribution in [0.15, 0.2) is 42.5 Å². The minimum atomic E-state index is -0.562. The van der Waals surface area contributed by atoms with Crippen molar-refractivity contribution in [1.29, 1.82) is 5.41 Å². The Bertz CT molecular complexity index is 671. The largest absolute Gasteiger partial charge is 0.457 e. The molecule has 0 amide bonds. The Morgan fingerprint density at radius 2 is 1.80 bits per heavy atom. The molecule has 0 unspecified atom stereocenters. The molecule has 0 heterocycles. The fraction of sp³-hybridized carbons (Fsp3) is 0. The Hall–Kier alpha value is -2.60.